The molecule has 420 valence electrons. The van der Waals surface area contributed by atoms with Gasteiger partial charge in [-0.05, 0) is 44.9 Å². The summed E-state index contributed by atoms with van der Waals surface area (Å²) >= 11 is 0. The fourth-order valence-corrected chi connectivity index (χ4v) is 10.1. The van der Waals surface area contributed by atoms with E-state index in [-0.39, 0.29) is 12.5 Å². The van der Waals surface area contributed by atoms with Gasteiger partial charge in [0.2, 0.25) is 5.91 Å². The molecule has 0 aromatic carbocycles. The van der Waals surface area contributed by atoms with Gasteiger partial charge in [-0.15, -0.1) is 0 Å². The maximum Gasteiger partial charge on any atom is 0.220 e. The van der Waals surface area contributed by atoms with Crippen molar-refractivity contribution >= 4 is 5.91 Å². The van der Waals surface area contributed by atoms with Crippen LogP contribution in [0, 0.1) is 0 Å². The number of nitrogens with one attached hydrogen (secondary N) is 1. The van der Waals surface area contributed by atoms with Crippen LogP contribution in [-0.2, 0) is 14.3 Å². The second-order valence-electron chi connectivity index (χ2n) is 21.9. The summed E-state index contributed by atoms with van der Waals surface area (Å²) in [5, 5.41) is 54.6. The Balaban J connectivity index is 2.18. The number of aliphatic hydroxyl groups is 5. The van der Waals surface area contributed by atoms with Crippen molar-refractivity contribution in [1.29, 1.82) is 0 Å². The molecule has 1 aliphatic heterocycles. The SMILES string of the molecule is CCCCCCCCCC/C=C\CCCCCCCCCCCCCCCCCC(=O)NC(COC1OC(CO)C(O)C(O)C1O)C(O)/C=C/CCCCCCCCCCCCCCCCCCCCC. The minimum Gasteiger partial charge on any atom is -0.394 e. The number of carbonyl (C=O) groups is 1. The van der Waals surface area contributed by atoms with Crippen LogP contribution in [0.3, 0.4) is 0 Å². The Morgan fingerprint density at radius 3 is 1.14 bits per heavy atom. The lowest BCUT2D eigenvalue weighted by Crippen LogP contribution is -2.60. The summed E-state index contributed by atoms with van der Waals surface area (Å²) in [6.45, 7) is 3.82. The van der Waals surface area contributed by atoms with Crippen LogP contribution in [0.5, 0.6) is 0 Å². The zero-order valence-electron chi connectivity index (χ0n) is 46.8. The molecule has 9 heteroatoms. The predicted octanol–water partition coefficient (Wildman–Crippen LogP) is 15.7. The average Bonchev–Trinajstić information content (AvgIpc) is 3.37. The van der Waals surface area contributed by atoms with E-state index in [0.29, 0.717) is 6.42 Å². The highest BCUT2D eigenvalue weighted by Gasteiger charge is 2.44. The fraction of sp³-hybridized carbons (Fsp3) is 0.919. The smallest absolute Gasteiger partial charge is 0.220 e. The van der Waals surface area contributed by atoms with E-state index in [1.54, 1.807) is 6.08 Å². The van der Waals surface area contributed by atoms with E-state index < -0.39 is 49.5 Å². The van der Waals surface area contributed by atoms with Crippen LogP contribution >= 0.6 is 0 Å². The van der Waals surface area contributed by atoms with Crippen molar-refractivity contribution in [2.75, 3.05) is 13.2 Å². The van der Waals surface area contributed by atoms with E-state index in [1.165, 1.54) is 250 Å². The van der Waals surface area contributed by atoms with E-state index in [2.05, 4.69) is 31.3 Å². The predicted molar refractivity (Wildman–Crippen MR) is 300 cm³/mol. The first-order valence-corrected chi connectivity index (χ1v) is 31.1. The second kappa shape index (κ2) is 52.1. The molecular weight excluding hydrogens is 887 g/mol. The fourth-order valence-electron chi connectivity index (χ4n) is 10.1. The van der Waals surface area contributed by atoms with Crippen molar-refractivity contribution in [2.24, 2.45) is 0 Å². The zero-order chi connectivity index (χ0) is 51.5. The Bertz CT molecular complexity index is 1170. The Kier molecular flexibility index (Phi) is 49.7. The number of ether oxygens (including phenoxy) is 2. The summed E-state index contributed by atoms with van der Waals surface area (Å²) in [6, 6.07) is -0.803. The number of rotatable bonds is 54. The molecule has 1 amide bonds. The topological polar surface area (TPSA) is 149 Å². The molecule has 0 saturated carbocycles. The van der Waals surface area contributed by atoms with E-state index in [4.69, 9.17) is 9.47 Å². The van der Waals surface area contributed by atoms with Crippen LogP contribution in [-0.4, -0.2) is 87.5 Å². The van der Waals surface area contributed by atoms with Crippen LogP contribution in [0.15, 0.2) is 24.3 Å². The first kappa shape index (κ1) is 67.7. The molecule has 0 spiro atoms. The monoisotopic (exact) mass is 1010 g/mol. The molecule has 0 radical (unpaired) electrons. The van der Waals surface area contributed by atoms with Crippen LogP contribution < -0.4 is 5.32 Å². The lowest BCUT2D eigenvalue weighted by atomic mass is 9.99. The summed E-state index contributed by atoms with van der Waals surface area (Å²) < 4.78 is 11.3. The first-order chi connectivity index (χ1) is 34.8. The van der Waals surface area contributed by atoms with Gasteiger partial charge in [0.15, 0.2) is 6.29 Å². The van der Waals surface area contributed by atoms with Gasteiger partial charge in [0.05, 0.1) is 25.4 Å². The van der Waals surface area contributed by atoms with Crippen molar-refractivity contribution < 1.29 is 39.8 Å². The zero-order valence-corrected chi connectivity index (χ0v) is 46.8. The summed E-state index contributed by atoms with van der Waals surface area (Å²) in [5.41, 5.74) is 0. The molecule has 0 aliphatic carbocycles. The molecule has 1 rings (SSSR count). The summed E-state index contributed by atoms with van der Waals surface area (Å²) in [4.78, 5) is 13.1. The molecule has 71 heavy (non-hydrogen) atoms. The first-order valence-electron chi connectivity index (χ1n) is 31.1. The number of allylic oxidation sites excluding steroid dienone is 3. The van der Waals surface area contributed by atoms with Gasteiger partial charge in [0, 0.05) is 6.42 Å². The number of amides is 1. The van der Waals surface area contributed by atoms with Crippen LogP contribution in [0.1, 0.15) is 309 Å². The van der Waals surface area contributed by atoms with Crippen molar-refractivity contribution in [3.8, 4) is 0 Å². The Morgan fingerprint density at radius 1 is 0.465 bits per heavy atom. The molecule has 7 atom stereocenters. The van der Waals surface area contributed by atoms with E-state index >= 15 is 0 Å². The molecule has 6 N–H and O–H groups in total. The van der Waals surface area contributed by atoms with E-state index in [0.717, 1.165) is 38.5 Å². The van der Waals surface area contributed by atoms with Gasteiger partial charge >= 0.3 is 0 Å². The third-order valence-electron chi connectivity index (χ3n) is 15.0. The molecule has 1 fully saturated rings. The Morgan fingerprint density at radius 2 is 0.789 bits per heavy atom. The third-order valence-corrected chi connectivity index (χ3v) is 15.0. The third kappa shape index (κ3) is 41.6. The van der Waals surface area contributed by atoms with Crippen molar-refractivity contribution in [1.82, 2.24) is 5.32 Å². The Labute approximate surface area is 439 Å². The van der Waals surface area contributed by atoms with Gasteiger partial charge in [-0.25, -0.2) is 0 Å². The molecule has 0 bridgehead atoms. The molecule has 0 aromatic heterocycles. The van der Waals surface area contributed by atoms with Gasteiger partial charge in [-0.3, -0.25) is 4.79 Å². The lowest BCUT2D eigenvalue weighted by Gasteiger charge is -2.40. The summed E-state index contributed by atoms with van der Waals surface area (Å²) in [6.07, 6.45) is 59.7. The number of unbranched alkanes of at least 4 members (excludes halogenated alkanes) is 42. The maximum atomic E-state index is 13.1. The molecular formula is C62H119NO8. The highest BCUT2D eigenvalue weighted by Crippen LogP contribution is 2.23. The van der Waals surface area contributed by atoms with E-state index in [9.17, 15) is 30.3 Å². The van der Waals surface area contributed by atoms with Gasteiger partial charge in [-0.1, -0.05) is 282 Å². The van der Waals surface area contributed by atoms with Crippen molar-refractivity contribution in [3.05, 3.63) is 24.3 Å². The lowest BCUT2D eigenvalue weighted by molar-refractivity contribution is -0.302. The molecule has 1 heterocycles. The second-order valence-corrected chi connectivity index (χ2v) is 21.9. The highest BCUT2D eigenvalue weighted by atomic mass is 16.7. The number of carbonyl (C=O) groups excluding carboxylic acids is 1. The quantitative estimate of drug-likeness (QED) is 0.0261. The van der Waals surface area contributed by atoms with Gasteiger partial charge < -0.3 is 40.3 Å². The van der Waals surface area contributed by atoms with Gasteiger partial charge in [0.25, 0.3) is 0 Å². The molecule has 1 aliphatic rings. The largest absolute Gasteiger partial charge is 0.394 e. The van der Waals surface area contributed by atoms with Crippen LogP contribution in [0.4, 0.5) is 0 Å². The maximum absolute atomic E-state index is 13.1. The van der Waals surface area contributed by atoms with Crippen LogP contribution in [0.2, 0.25) is 0 Å². The molecule has 1 saturated heterocycles. The van der Waals surface area contributed by atoms with Gasteiger partial charge in [0.1, 0.15) is 24.4 Å². The van der Waals surface area contributed by atoms with Crippen LogP contribution in [0.25, 0.3) is 0 Å². The highest BCUT2D eigenvalue weighted by molar-refractivity contribution is 5.76. The number of hydrogen-bond acceptors (Lipinski definition) is 8. The van der Waals surface area contributed by atoms with Crippen molar-refractivity contribution in [3.63, 3.8) is 0 Å². The molecule has 7 unspecified atom stereocenters. The van der Waals surface area contributed by atoms with Gasteiger partial charge in [-0.2, -0.15) is 0 Å². The standard InChI is InChI=1S/C62H119NO8/c1-3-5-7-9-11-13-15-17-19-21-23-25-26-27-28-29-30-32-34-36-38-40-42-44-46-48-50-52-58(66)63-55(54-70-62-61(69)60(68)59(67)57(53-64)71-62)56(65)51-49-47-45-43-41-39-37-35-33-31-24-22-20-18-16-14-12-10-8-6-4-2/h21,23,49,51,55-57,59-62,64-65,67-69H,3-20,22,24-48,50,52-54H2,1-2H3,(H,63,66)/b23-21-,51-49+. The number of hydrogen-bond donors (Lipinski definition) is 6. The summed E-state index contributed by atoms with van der Waals surface area (Å²) in [7, 11) is 0. The van der Waals surface area contributed by atoms with E-state index in [1.807, 2.05) is 6.08 Å². The average molecular weight is 1010 g/mol. The molecule has 0 aromatic rings. The minimum absolute atomic E-state index is 0.171. The summed E-state index contributed by atoms with van der Waals surface area (Å²) in [5.74, 6) is -0.171. The normalized spacial score (nSPS) is 19.3. The Hall–Kier alpha value is -1.33. The van der Waals surface area contributed by atoms with Crippen molar-refractivity contribution in [2.45, 2.75) is 352 Å². The number of aliphatic hydroxyl groups excluding tert-OH is 5. The minimum atomic E-state index is -1.57. The molecule has 9 nitrogen and oxygen atoms in total.